The van der Waals surface area contributed by atoms with E-state index in [1.54, 1.807) is 24.3 Å². The van der Waals surface area contributed by atoms with Gasteiger partial charge in [0, 0.05) is 12.1 Å². The highest BCUT2D eigenvalue weighted by Gasteiger charge is 2.09. The minimum Gasteiger partial charge on any atom is -0.492 e. The number of nitriles is 1. The van der Waals surface area contributed by atoms with E-state index in [2.05, 4.69) is 18.7 Å². The standard InChI is InChI=1S/C16H20N2O3/c1-3-18(4-2)9-10-21-15-8-6-5-7-13(15)11-14(12-17)16(19)20/h5-8,11H,3-4,9-10H2,1-2H3,(H,19,20). The van der Waals surface area contributed by atoms with Crippen molar-refractivity contribution in [3.8, 4) is 11.8 Å². The molecule has 21 heavy (non-hydrogen) atoms. The SMILES string of the molecule is CCN(CC)CCOc1ccccc1C=C(C#N)C(=O)O. The van der Waals surface area contributed by atoms with E-state index >= 15 is 0 Å². The van der Waals surface area contributed by atoms with Crippen LogP contribution in [0.15, 0.2) is 29.8 Å². The average molecular weight is 288 g/mol. The molecule has 1 aromatic rings. The molecule has 0 radical (unpaired) electrons. The van der Waals surface area contributed by atoms with Gasteiger partial charge in [-0.05, 0) is 25.2 Å². The first kappa shape index (κ1) is 16.7. The third-order valence-electron chi connectivity index (χ3n) is 3.13. The number of rotatable bonds is 8. The summed E-state index contributed by atoms with van der Waals surface area (Å²) in [4.78, 5) is 13.1. The van der Waals surface area contributed by atoms with Crippen LogP contribution in [0.5, 0.6) is 5.75 Å². The minimum atomic E-state index is -1.24. The highest BCUT2D eigenvalue weighted by molar-refractivity contribution is 5.96. The Morgan fingerprint density at radius 3 is 2.62 bits per heavy atom. The third kappa shape index (κ3) is 5.28. The molecule has 0 fully saturated rings. The summed E-state index contributed by atoms with van der Waals surface area (Å²) in [5, 5.41) is 17.7. The quantitative estimate of drug-likeness (QED) is 0.587. The van der Waals surface area contributed by atoms with E-state index in [0.717, 1.165) is 19.6 Å². The number of hydrogen-bond donors (Lipinski definition) is 1. The molecule has 5 heteroatoms. The predicted octanol–water partition coefficient (Wildman–Crippen LogP) is 2.40. The van der Waals surface area contributed by atoms with Crippen molar-refractivity contribution < 1.29 is 14.6 Å². The van der Waals surface area contributed by atoms with E-state index in [1.807, 2.05) is 6.07 Å². The second kappa shape index (κ2) is 8.77. The van der Waals surface area contributed by atoms with Crippen LogP contribution in [0.1, 0.15) is 19.4 Å². The largest absolute Gasteiger partial charge is 0.492 e. The fourth-order valence-corrected chi connectivity index (χ4v) is 1.85. The van der Waals surface area contributed by atoms with Crippen LogP contribution in [0.25, 0.3) is 6.08 Å². The van der Waals surface area contributed by atoms with Crippen molar-refractivity contribution in [1.29, 1.82) is 5.26 Å². The summed E-state index contributed by atoms with van der Waals surface area (Å²) in [7, 11) is 0. The van der Waals surface area contributed by atoms with E-state index in [9.17, 15) is 4.79 Å². The fraction of sp³-hybridized carbons (Fsp3) is 0.375. The van der Waals surface area contributed by atoms with Crippen molar-refractivity contribution in [3.05, 3.63) is 35.4 Å². The van der Waals surface area contributed by atoms with Crippen molar-refractivity contribution in [3.63, 3.8) is 0 Å². The zero-order chi connectivity index (χ0) is 15.7. The summed E-state index contributed by atoms with van der Waals surface area (Å²) in [6.45, 7) is 7.41. The van der Waals surface area contributed by atoms with Crippen LogP contribution in [0, 0.1) is 11.3 Å². The monoisotopic (exact) mass is 288 g/mol. The first-order valence-electron chi connectivity index (χ1n) is 6.91. The molecule has 0 aliphatic carbocycles. The normalized spacial score (nSPS) is 11.2. The number of benzene rings is 1. The summed E-state index contributed by atoms with van der Waals surface area (Å²) in [6.07, 6.45) is 1.33. The number of aliphatic carboxylic acids is 1. The maximum atomic E-state index is 10.9. The van der Waals surface area contributed by atoms with Crippen LogP contribution in [0.3, 0.4) is 0 Å². The topological polar surface area (TPSA) is 73.6 Å². The summed E-state index contributed by atoms with van der Waals surface area (Å²) >= 11 is 0. The van der Waals surface area contributed by atoms with Gasteiger partial charge in [-0.3, -0.25) is 0 Å². The van der Waals surface area contributed by atoms with Gasteiger partial charge < -0.3 is 14.7 Å². The number of carboxylic acid groups (broad SMARTS) is 1. The number of likely N-dealkylation sites (N-methyl/N-ethyl adjacent to an activating group) is 1. The number of para-hydroxylation sites is 1. The van der Waals surface area contributed by atoms with Crippen LogP contribution in [0.4, 0.5) is 0 Å². The predicted molar refractivity (Wildman–Crippen MR) is 81.0 cm³/mol. The van der Waals surface area contributed by atoms with Gasteiger partial charge in [-0.2, -0.15) is 5.26 Å². The maximum absolute atomic E-state index is 10.9. The summed E-state index contributed by atoms with van der Waals surface area (Å²) in [5.41, 5.74) is 0.283. The first-order chi connectivity index (χ1) is 10.1. The summed E-state index contributed by atoms with van der Waals surface area (Å²) < 4.78 is 5.71. The van der Waals surface area contributed by atoms with Gasteiger partial charge >= 0.3 is 5.97 Å². The molecule has 1 N–H and O–H groups in total. The molecule has 0 saturated heterocycles. The van der Waals surface area contributed by atoms with Crippen molar-refractivity contribution in [2.75, 3.05) is 26.2 Å². The van der Waals surface area contributed by atoms with E-state index in [0.29, 0.717) is 17.9 Å². The van der Waals surface area contributed by atoms with Gasteiger partial charge in [-0.15, -0.1) is 0 Å². The van der Waals surface area contributed by atoms with E-state index < -0.39 is 5.97 Å². The molecule has 0 atom stereocenters. The maximum Gasteiger partial charge on any atom is 0.346 e. The van der Waals surface area contributed by atoms with Gasteiger partial charge in [-0.25, -0.2) is 4.79 Å². The number of hydrogen-bond acceptors (Lipinski definition) is 4. The van der Waals surface area contributed by atoms with Crippen LogP contribution in [-0.2, 0) is 4.79 Å². The Kier molecular flexibility index (Phi) is 6.99. The Balaban J connectivity index is 2.81. The molecule has 0 unspecified atom stereocenters. The number of ether oxygens (including phenoxy) is 1. The van der Waals surface area contributed by atoms with Gasteiger partial charge in [-0.1, -0.05) is 32.0 Å². The minimum absolute atomic E-state index is 0.310. The lowest BCUT2D eigenvalue weighted by atomic mass is 10.1. The Morgan fingerprint density at radius 1 is 1.38 bits per heavy atom. The molecule has 1 aromatic carbocycles. The molecule has 0 aromatic heterocycles. The summed E-state index contributed by atoms with van der Waals surface area (Å²) in [6, 6.07) is 8.76. The lowest BCUT2D eigenvalue weighted by Crippen LogP contribution is -2.28. The second-order valence-electron chi connectivity index (χ2n) is 4.39. The number of carboxylic acids is 1. The zero-order valence-corrected chi connectivity index (χ0v) is 12.4. The molecule has 1 rings (SSSR count). The molecule has 0 aliphatic heterocycles. The molecule has 0 amide bonds. The fourth-order valence-electron chi connectivity index (χ4n) is 1.85. The van der Waals surface area contributed by atoms with Crippen LogP contribution >= 0.6 is 0 Å². The van der Waals surface area contributed by atoms with Crippen molar-refractivity contribution in [2.45, 2.75) is 13.8 Å². The molecule has 0 spiro atoms. The first-order valence-corrected chi connectivity index (χ1v) is 6.91. The lowest BCUT2D eigenvalue weighted by molar-refractivity contribution is -0.132. The van der Waals surface area contributed by atoms with Gasteiger partial charge in [0.2, 0.25) is 0 Å². The highest BCUT2D eigenvalue weighted by Crippen LogP contribution is 2.21. The lowest BCUT2D eigenvalue weighted by Gasteiger charge is -2.18. The Hall–Kier alpha value is -2.32. The molecule has 0 bridgehead atoms. The molecule has 5 nitrogen and oxygen atoms in total. The van der Waals surface area contributed by atoms with Crippen LogP contribution < -0.4 is 4.74 Å². The molecule has 0 heterocycles. The summed E-state index contributed by atoms with van der Waals surface area (Å²) in [5.74, 6) is -0.658. The zero-order valence-electron chi connectivity index (χ0n) is 12.4. The third-order valence-corrected chi connectivity index (χ3v) is 3.13. The van der Waals surface area contributed by atoms with E-state index in [1.165, 1.54) is 6.08 Å². The van der Waals surface area contributed by atoms with Gasteiger partial charge in [0.15, 0.2) is 0 Å². The molecule has 0 aliphatic rings. The van der Waals surface area contributed by atoms with E-state index in [4.69, 9.17) is 15.1 Å². The highest BCUT2D eigenvalue weighted by atomic mass is 16.5. The van der Waals surface area contributed by atoms with Gasteiger partial charge in [0.1, 0.15) is 24.0 Å². The van der Waals surface area contributed by atoms with Crippen molar-refractivity contribution in [2.24, 2.45) is 0 Å². The van der Waals surface area contributed by atoms with Crippen molar-refractivity contribution >= 4 is 12.0 Å². The second-order valence-corrected chi connectivity index (χ2v) is 4.39. The Morgan fingerprint density at radius 2 is 2.05 bits per heavy atom. The molecule has 0 saturated carbocycles. The Labute approximate surface area is 125 Å². The number of nitrogens with zero attached hydrogens (tertiary/aromatic N) is 2. The molecular weight excluding hydrogens is 268 g/mol. The molecule has 112 valence electrons. The van der Waals surface area contributed by atoms with Gasteiger partial charge in [0.25, 0.3) is 0 Å². The Bertz CT molecular complexity index is 543. The molecular formula is C16H20N2O3. The average Bonchev–Trinajstić information content (AvgIpc) is 2.50. The van der Waals surface area contributed by atoms with E-state index in [-0.39, 0.29) is 5.57 Å². The van der Waals surface area contributed by atoms with Crippen LogP contribution in [0.2, 0.25) is 0 Å². The smallest absolute Gasteiger partial charge is 0.346 e. The van der Waals surface area contributed by atoms with Gasteiger partial charge in [0.05, 0.1) is 0 Å². The number of carbonyl (C=O) groups is 1. The van der Waals surface area contributed by atoms with Crippen LogP contribution in [-0.4, -0.2) is 42.2 Å². The van der Waals surface area contributed by atoms with Crippen molar-refractivity contribution in [1.82, 2.24) is 4.90 Å².